The van der Waals surface area contributed by atoms with Gasteiger partial charge in [0.25, 0.3) is 0 Å². The highest BCUT2D eigenvalue weighted by molar-refractivity contribution is 9.11. The summed E-state index contributed by atoms with van der Waals surface area (Å²) >= 11 is 5.18. The summed E-state index contributed by atoms with van der Waals surface area (Å²) < 4.78 is 2.75. The number of nitrogens with two attached hydrogens (primary N) is 1. The molecule has 7 nitrogen and oxygen atoms in total. The van der Waals surface area contributed by atoms with E-state index in [4.69, 9.17) is 5.73 Å². The molecule has 0 saturated heterocycles. The van der Waals surface area contributed by atoms with E-state index in [1.54, 1.807) is 34.3 Å². The summed E-state index contributed by atoms with van der Waals surface area (Å²) in [5, 5.41) is 9.60. The lowest BCUT2D eigenvalue weighted by Crippen LogP contribution is -2.02. The molecule has 0 saturated carbocycles. The van der Waals surface area contributed by atoms with Crippen molar-refractivity contribution in [3.05, 3.63) is 51.7 Å². The Balaban J connectivity index is 0.00000121. The third-order valence-corrected chi connectivity index (χ3v) is 5.31. The zero-order chi connectivity index (χ0) is 16.5. The van der Waals surface area contributed by atoms with Crippen LogP contribution in [0, 0.1) is 0 Å². The second-order valence-electron chi connectivity index (χ2n) is 5.01. The summed E-state index contributed by atoms with van der Waals surface area (Å²) in [6, 6.07) is 5.72. The summed E-state index contributed by atoms with van der Waals surface area (Å²) in [6.45, 7) is 0.670. The highest BCUT2D eigenvalue weighted by atomic mass is 79.9. The number of hydrogen-bond donors (Lipinski definition) is 2. The lowest BCUT2D eigenvalue weighted by atomic mass is 10.2. The summed E-state index contributed by atoms with van der Waals surface area (Å²) in [5.74, 6) is 1.10. The Kier molecular flexibility index (Phi) is 3.87. The van der Waals surface area contributed by atoms with Crippen molar-refractivity contribution in [1.82, 2.24) is 24.6 Å². The van der Waals surface area contributed by atoms with E-state index in [1.807, 2.05) is 11.4 Å². The number of rotatable bonds is 4. The van der Waals surface area contributed by atoms with Crippen LogP contribution in [0.2, 0.25) is 0 Å². The van der Waals surface area contributed by atoms with Gasteiger partial charge in [0.1, 0.15) is 12.1 Å². The fourth-order valence-corrected chi connectivity index (χ4v) is 3.61. The average molecular weight is 408 g/mol. The van der Waals surface area contributed by atoms with Crippen LogP contribution in [0.15, 0.2) is 46.1 Å². The Morgan fingerprint density at radius 1 is 1.33 bits per heavy atom. The van der Waals surface area contributed by atoms with E-state index in [0.717, 1.165) is 3.79 Å². The normalized spacial score (nSPS) is 11.0. The van der Waals surface area contributed by atoms with Crippen LogP contribution < -0.4 is 11.1 Å². The number of halogens is 1. The van der Waals surface area contributed by atoms with Crippen LogP contribution in [-0.4, -0.2) is 24.6 Å². The van der Waals surface area contributed by atoms with E-state index in [2.05, 4.69) is 47.4 Å². The lowest BCUT2D eigenvalue weighted by molar-refractivity contribution is 0.945. The Morgan fingerprint density at radius 3 is 3.08 bits per heavy atom. The molecule has 0 unspecified atom stereocenters. The maximum atomic E-state index is 6.05. The molecule has 126 valence electrons. The van der Waals surface area contributed by atoms with Gasteiger partial charge in [0.15, 0.2) is 11.5 Å². The second kappa shape index (κ2) is 6.17. The second-order valence-corrected chi connectivity index (χ2v) is 7.24. The summed E-state index contributed by atoms with van der Waals surface area (Å²) in [6.07, 6.45) is 5.01. The minimum Gasteiger partial charge on any atom is -0.382 e. The Hall–Kier alpha value is -2.52. The molecule has 9 heteroatoms. The average Bonchev–Trinajstić information content (AvgIpc) is 3.15. The van der Waals surface area contributed by atoms with Crippen molar-refractivity contribution in [1.29, 1.82) is 0 Å². The Bertz CT molecular complexity index is 1020. The van der Waals surface area contributed by atoms with E-state index in [0.29, 0.717) is 35.1 Å². The topological polar surface area (TPSA) is 94.0 Å². The third kappa shape index (κ3) is 2.72. The van der Waals surface area contributed by atoms with Gasteiger partial charge in [0, 0.05) is 29.3 Å². The van der Waals surface area contributed by atoms with Crippen molar-refractivity contribution in [2.75, 3.05) is 11.1 Å². The predicted octanol–water partition coefficient (Wildman–Crippen LogP) is 3.94. The SMILES string of the molecule is Nc1nn2cccnc2c1-c1cc(NCc2ccsc2Br)ncn1.[HH].[HH].[HH]. The van der Waals surface area contributed by atoms with Gasteiger partial charge in [-0.3, -0.25) is 0 Å². The number of anilines is 2. The summed E-state index contributed by atoms with van der Waals surface area (Å²) in [4.78, 5) is 12.9. The standard InChI is InChI=1S/C15H12BrN7S.3H2/c16-13-9(2-5-24-13)7-19-11-6-10(20-8-21-11)12-14(17)22-23-4-1-3-18-15(12)23;;;/h1-6,8H,7H2,(H2,17,22)(H,19,20,21);3*1H. The highest BCUT2D eigenvalue weighted by Crippen LogP contribution is 2.29. The molecule has 0 spiro atoms. The molecule has 0 aliphatic heterocycles. The maximum Gasteiger partial charge on any atom is 0.166 e. The quantitative estimate of drug-likeness (QED) is 0.531. The molecule has 4 aromatic heterocycles. The largest absolute Gasteiger partial charge is 0.382 e. The zero-order valence-electron chi connectivity index (χ0n) is 12.3. The molecule has 0 radical (unpaired) electrons. The minimum atomic E-state index is 0. The first-order chi connectivity index (χ1) is 11.7. The van der Waals surface area contributed by atoms with Gasteiger partial charge >= 0.3 is 0 Å². The molecular formula is C15H18BrN7S. The molecule has 0 bridgehead atoms. The fraction of sp³-hybridized carbons (Fsp3) is 0.0667. The van der Waals surface area contributed by atoms with Gasteiger partial charge in [0.05, 0.1) is 15.0 Å². The number of thiophene rings is 1. The van der Waals surface area contributed by atoms with Crippen LogP contribution in [0.4, 0.5) is 11.6 Å². The van der Waals surface area contributed by atoms with Crippen molar-refractivity contribution in [2.45, 2.75) is 6.54 Å². The van der Waals surface area contributed by atoms with E-state index in [1.165, 1.54) is 11.9 Å². The van der Waals surface area contributed by atoms with Crippen molar-refractivity contribution < 1.29 is 4.28 Å². The molecule has 0 fully saturated rings. The molecule has 0 aliphatic rings. The number of fused-ring (bicyclic) bond motifs is 1. The Morgan fingerprint density at radius 2 is 2.25 bits per heavy atom. The molecule has 4 rings (SSSR count). The zero-order valence-corrected chi connectivity index (χ0v) is 14.8. The molecular weight excluding hydrogens is 390 g/mol. The highest BCUT2D eigenvalue weighted by Gasteiger charge is 2.15. The third-order valence-electron chi connectivity index (χ3n) is 3.50. The predicted molar refractivity (Wildman–Crippen MR) is 104 cm³/mol. The number of aromatic nitrogens is 5. The summed E-state index contributed by atoms with van der Waals surface area (Å²) in [5.41, 5.74) is 9.28. The van der Waals surface area contributed by atoms with Crippen LogP contribution in [0.5, 0.6) is 0 Å². The fourth-order valence-electron chi connectivity index (χ4n) is 2.37. The van der Waals surface area contributed by atoms with Crippen molar-refractivity contribution >= 4 is 44.5 Å². The van der Waals surface area contributed by atoms with Crippen LogP contribution >= 0.6 is 27.3 Å². The van der Waals surface area contributed by atoms with Gasteiger partial charge in [-0.1, -0.05) is 0 Å². The smallest absolute Gasteiger partial charge is 0.166 e. The molecule has 24 heavy (non-hydrogen) atoms. The van der Waals surface area contributed by atoms with E-state index >= 15 is 0 Å². The van der Waals surface area contributed by atoms with Crippen LogP contribution in [-0.2, 0) is 6.54 Å². The molecule has 0 aromatic carbocycles. The van der Waals surface area contributed by atoms with Crippen molar-refractivity contribution in [2.24, 2.45) is 0 Å². The van der Waals surface area contributed by atoms with E-state index in [9.17, 15) is 0 Å². The van der Waals surface area contributed by atoms with Gasteiger partial charge in [0.2, 0.25) is 0 Å². The van der Waals surface area contributed by atoms with Gasteiger partial charge in [-0.15, -0.1) is 16.4 Å². The number of nitrogens with one attached hydrogen (secondary N) is 1. The minimum absolute atomic E-state index is 0. The number of nitrogen functional groups attached to an aromatic ring is 1. The lowest BCUT2D eigenvalue weighted by Gasteiger charge is -2.06. The molecule has 0 atom stereocenters. The molecule has 4 aromatic rings. The van der Waals surface area contributed by atoms with E-state index < -0.39 is 0 Å². The van der Waals surface area contributed by atoms with Crippen LogP contribution in [0.3, 0.4) is 0 Å². The molecule has 0 amide bonds. The first kappa shape index (κ1) is 15.0. The maximum absolute atomic E-state index is 6.05. The molecule has 0 aliphatic carbocycles. The first-order valence-electron chi connectivity index (χ1n) is 7.09. The molecule has 4 heterocycles. The Labute approximate surface area is 154 Å². The molecule has 3 N–H and O–H groups in total. The van der Waals surface area contributed by atoms with Crippen molar-refractivity contribution in [3.8, 4) is 11.3 Å². The van der Waals surface area contributed by atoms with Crippen LogP contribution in [0.1, 0.15) is 9.84 Å². The monoisotopic (exact) mass is 407 g/mol. The first-order valence-corrected chi connectivity index (χ1v) is 8.76. The van der Waals surface area contributed by atoms with E-state index in [-0.39, 0.29) is 4.28 Å². The van der Waals surface area contributed by atoms with Gasteiger partial charge in [-0.05, 0) is 39.0 Å². The van der Waals surface area contributed by atoms with Gasteiger partial charge in [-0.25, -0.2) is 19.5 Å². The van der Waals surface area contributed by atoms with Crippen LogP contribution in [0.25, 0.3) is 16.9 Å². The number of hydrogen-bond acceptors (Lipinski definition) is 7. The summed E-state index contributed by atoms with van der Waals surface area (Å²) in [7, 11) is 0. The number of nitrogens with zero attached hydrogens (tertiary/aromatic N) is 5. The van der Waals surface area contributed by atoms with Crippen molar-refractivity contribution in [3.63, 3.8) is 0 Å². The van der Waals surface area contributed by atoms with Gasteiger partial charge < -0.3 is 11.1 Å². The van der Waals surface area contributed by atoms with Gasteiger partial charge in [-0.2, -0.15) is 0 Å².